The molecular weight excluding hydrogens is 306 g/mol. The Morgan fingerprint density at radius 2 is 2.00 bits per heavy atom. The molecule has 0 aliphatic carbocycles. The molecule has 0 unspecified atom stereocenters. The lowest BCUT2D eigenvalue weighted by Gasteiger charge is -2.24. The van der Waals surface area contributed by atoms with E-state index in [0.717, 1.165) is 37.7 Å². The second kappa shape index (κ2) is 7.86. The van der Waals surface area contributed by atoms with E-state index in [0.29, 0.717) is 6.04 Å². The first-order valence-electron chi connectivity index (χ1n) is 8.19. The summed E-state index contributed by atoms with van der Waals surface area (Å²) in [6.45, 7) is 3.89. The fraction of sp³-hybridized carbons (Fsp3) is 0.529. The Hall–Kier alpha value is -1.50. The van der Waals surface area contributed by atoms with Crippen molar-refractivity contribution in [3.8, 4) is 0 Å². The summed E-state index contributed by atoms with van der Waals surface area (Å²) in [7, 11) is 4.25. The van der Waals surface area contributed by atoms with Crippen molar-refractivity contribution in [1.82, 2.24) is 20.2 Å². The predicted octanol–water partition coefficient (Wildman–Crippen LogP) is 2.53. The van der Waals surface area contributed by atoms with Gasteiger partial charge in [-0.1, -0.05) is 0 Å². The lowest BCUT2D eigenvalue weighted by atomic mass is 10.1. The Labute approximate surface area is 142 Å². The van der Waals surface area contributed by atoms with Gasteiger partial charge in [0.15, 0.2) is 0 Å². The number of aromatic nitrogens is 2. The van der Waals surface area contributed by atoms with Crippen molar-refractivity contribution in [2.75, 3.05) is 38.6 Å². The van der Waals surface area contributed by atoms with Crippen molar-refractivity contribution in [3.05, 3.63) is 40.3 Å². The van der Waals surface area contributed by atoms with Crippen LogP contribution in [-0.2, 0) is 6.54 Å². The van der Waals surface area contributed by atoms with E-state index in [1.165, 1.54) is 18.4 Å². The second-order valence-corrected chi connectivity index (χ2v) is 7.03. The van der Waals surface area contributed by atoms with Gasteiger partial charge in [0.25, 0.3) is 0 Å². The zero-order chi connectivity index (χ0) is 16.1. The van der Waals surface area contributed by atoms with Crippen LogP contribution in [0.15, 0.2) is 29.2 Å². The average molecular weight is 331 g/mol. The first kappa shape index (κ1) is 16.4. The number of rotatable bonds is 7. The summed E-state index contributed by atoms with van der Waals surface area (Å²) < 4.78 is 0. The minimum absolute atomic E-state index is 0.394. The SMILES string of the molecule is CN(C)[C@@H](CNCc1cnc(N2CCCC2)nc1)c1ccsc1. The van der Waals surface area contributed by atoms with Crippen LogP contribution in [0.4, 0.5) is 5.95 Å². The van der Waals surface area contributed by atoms with Crippen LogP contribution in [0.1, 0.15) is 30.0 Å². The van der Waals surface area contributed by atoms with Gasteiger partial charge in [-0.3, -0.25) is 0 Å². The molecule has 0 saturated carbocycles. The number of hydrogen-bond acceptors (Lipinski definition) is 6. The summed E-state index contributed by atoms with van der Waals surface area (Å²) in [4.78, 5) is 13.5. The molecule has 2 aromatic heterocycles. The highest BCUT2D eigenvalue weighted by atomic mass is 32.1. The van der Waals surface area contributed by atoms with Gasteiger partial charge in [-0.2, -0.15) is 11.3 Å². The molecule has 1 aliphatic heterocycles. The molecule has 23 heavy (non-hydrogen) atoms. The summed E-state index contributed by atoms with van der Waals surface area (Å²) in [5.41, 5.74) is 2.50. The monoisotopic (exact) mass is 331 g/mol. The van der Waals surface area contributed by atoms with E-state index in [9.17, 15) is 0 Å². The Kier molecular flexibility index (Phi) is 5.59. The standard InChI is InChI=1S/C17H25N5S/c1-21(2)16(15-5-8-23-13-15)12-18-9-14-10-19-17(20-11-14)22-6-3-4-7-22/h5,8,10-11,13,16,18H,3-4,6-7,9,12H2,1-2H3/t16-/m0/s1. The number of nitrogens with zero attached hydrogens (tertiary/aromatic N) is 4. The van der Waals surface area contributed by atoms with Crippen LogP contribution in [0.25, 0.3) is 0 Å². The molecule has 1 N–H and O–H groups in total. The molecule has 0 aromatic carbocycles. The van der Waals surface area contributed by atoms with Crippen LogP contribution in [0.3, 0.4) is 0 Å². The predicted molar refractivity (Wildman–Crippen MR) is 95.9 cm³/mol. The summed E-state index contributed by atoms with van der Waals surface area (Å²) in [5.74, 6) is 0.871. The number of nitrogens with one attached hydrogen (secondary N) is 1. The molecular formula is C17H25N5S. The smallest absolute Gasteiger partial charge is 0.225 e. The van der Waals surface area contributed by atoms with Crippen molar-refractivity contribution in [1.29, 1.82) is 0 Å². The summed E-state index contributed by atoms with van der Waals surface area (Å²) in [6.07, 6.45) is 6.40. The second-order valence-electron chi connectivity index (χ2n) is 6.25. The molecule has 1 aliphatic rings. The first-order chi connectivity index (χ1) is 11.2. The highest BCUT2D eigenvalue weighted by molar-refractivity contribution is 7.07. The maximum atomic E-state index is 4.51. The van der Waals surface area contributed by atoms with E-state index < -0.39 is 0 Å². The minimum Gasteiger partial charge on any atom is -0.341 e. The van der Waals surface area contributed by atoms with Gasteiger partial charge in [0.05, 0.1) is 0 Å². The normalized spacial score (nSPS) is 16.2. The summed E-state index contributed by atoms with van der Waals surface area (Å²) >= 11 is 1.75. The van der Waals surface area contributed by atoms with Gasteiger partial charge in [0, 0.05) is 50.2 Å². The molecule has 0 radical (unpaired) electrons. The molecule has 0 amide bonds. The van der Waals surface area contributed by atoms with E-state index in [-0.39, 0.29) is 0 Å². The average Bonchev–Trinajstić information content (AvgIpc) is 3.25. The van der Waals surface area contributed by atoms with Crippen molar-refractivity contribution in [2.45, 2.75) is 25.4 Å². The van der Waals surface area contributed by atoms with Crippen molar-refractivity contribution in [3.63, 3.8) is 0 Å². The Morgan fingerprint density at radius 1 is 1.26 bits per heavy atom. The molecule has 0 bridgehead atoms. The van der Waals surface area contributed by atoms with Gasteiger partial charge in [-0.05, 0) is 49.3 Å². The van der Waals surface area contributed by atoms with Gasteiger partial charge < -0.3 is 15.1 Å². The summed E-state index contributed by atoms with van der Waals surface area (Å²) in [6, 6.07) is 2.59. The molecule has 1 atom stereocenters. The Morgan fingerprint density at radius 3 is 2.61 bits per heavy atom. The molecule has 6 heteroatoms. The lowest BCUT2D eigenvalue weighted by Crippen LogP contribution is -2.30. The maximum absolute atomic E-state index is 4.51. The van der Waals surface area contributed by atoms with Gasteiger partial charge in [0.1, 0.15) is 0 Å². The third-order valence-corrected chi connectivity index (χ3v) is 5.00. The number of anilines is 1. The molecule has 1 saturated heterocycles. The van der Waals surface area contributed by atoms with Crippen molar-refractivity contribution < 1.29 is 0 Å². The van der Waals surface area contributed by atoms with Gasteiger partial charge in [0.2, 0.25) is 5.95 Å². The van der Waals surface area contributed by atoms with Crippen LogP contribution in [0.5, 0.6) is 0 Å². The fourth-order valence-electron chi connectivity index (χ4n) is 2.94. The fourth-order valence-corrected chi connectivity index (χ4v) is 3.64. The van der Waals surface area contributed by atoms with E-state index in [1.54, 1.807) is 11.3 Å². The van der Waals surface area contributed by atoms with Crippen LogP contribution < -0.4 is 10.2 Å². The quantitative estimate of drug-likeness (QED) is 0.845. The van der Waals surface area contributed by atoms with Crippen molar-refractivity contribution >= 4 is 17.3 Å². The lowest BCUT2D eigenvalue weighted by molar-refractivity contribution is 0.289. The molecule has 3 rings (SSSR count). The third-order valence-electron chi connectivity index (χ3n) is 4.30. The van der Waals surface area contributed by atoms with Crippen LogP contribution in [0, 0.1) is 0 Å². The van der Waals surface area contributed by atoms with Gasteiger partial charge in [-0.15, -0.1) is 0 Å². The van der Waals surface area contributed by atoms with Gasteiger partial charge >= 0.3 is 0 Å². The Bertz CT molecular complexity index is 576. The Balaban J connectivity index is 1.51. The van der Waals surface area contributed by atoms with Crippen molar-refractivity contribution in [2.24, 2.45) is 0 Å². The molecule has 124 valence electrons. The maximum Gasteiger partial charge on any atom is 0.225 e. The number of thiophene rings is 1. The number of likely N-dealkylation sites (N-methyl/N-ethyl adjacent to an activating group) is 1. The van der Waals surface area contributed by atoms with Crippen LogP contribution in [-0.4, -0.2) is 48.6 Å². The zero-order valence-electron chi connectivity index (χ0n) is 13.9. The largest absolute Gasteiger partial charge is 0.341 e. The van der Waals surface area contributed by atoms with E-state index in [2.05, 4.69) is 56.0 Å². The van der Waals surface area contributed by atoms with Crippen LogP contribution in [0.2, 0.25) is 0 Å². The van der Waals surface area contributed by atoms with Crippen LogP contribution >= 0.6 is 11.3 Å². The highest BCUT2D eigenvalue weighted by Gasteiger charge is 2.15. The first-order valence-corrected chi connectivity index (χ1v) is 9.13. The topological polar surface area (TPSA) is 44.3 Å². The molecule has 3 heterocycles. The highest BCUT2D eigenvalue weighted by Crippen LogP contribution is 2.20. The van der Waals surface area contributed by atoms with Gasteiger partial charge in [-0.25, -0.2) is 9.97 Å². The third kappa shape index (κ3) is 4.28. The van der Waals surface area contributed by atoms with E-state index >= 15 is 0 Å². The molecule has 0 spiro atoms. The summed E-state index contributed by atoms with van der Waals surface area (Å²) in [5, 5.41) is 7.89. The molecule has 2 aromatic rings. The molecule has 1 fully saturated rings. The molecule has 5 nitrogen and oxygen atoms in total. The zero-order valence-corrected chi connectivity index (χ0v) is 14.7. The van der Waals surface area contributed by atoms with E-state index in [1.807, 2.05) is 12.4 Å². The number of hydrogen-bond donors (Lipinski definition) is 1. The van der Waals surface area contributed by atoms with E-state index in [4.69, 9.17) is 0 Å². The minimum atomic E-state index is 0.394.